The van der Waals surface area contributed by atoms with Crippen molar-refractivity contribution in [1.82, 2.24) is 0 Å². The molecule has 0 N–H and O–H groups in total. The zero-order chi connectivity index (χ0) is 17.4. The Labute approximate surface area is 149 Å². The van der Waals surface area contributed by atoms with Crippen molar-refractivity contribution < 1.29 is 19.1 Å². The highest BCUT2D eigenvalue weighted by atomic mass is 16.7. The molecule has 5 aliphatic rings. The van der Waals surface area contributed by atoms with E-state index in [1.54, 1.807) is 6.08 Å². The van der Waals surface area contributed by atoms with Crippen LogP contribution in [-0.4, -0.2) is 30.6 Å². The summed E-state index contributed by atoms with van der Waals surface area (Å²) in [7, 11) is 0. The van der Waals surface area contributed by atoms with E-state index < -0.39 is 5.79 Å². The zero-order valence-corrected chi connectivity index (χ0v) is 15.3. The Morgan fingerprint density at radius 3 is 2.48 bits per heavy atom. The number of Topliss-reactive ketones (excluding diaryl/α,β-unsaturated/α-hetero) is 1. The summed E-state index contributed by atoms with van der Waals surface area (Å²) in [6.45, 7) is 5.98. The minimum Gasteiger partial charge on any atom is -0.347 e. The number of carbonyl (C=O) groups excluding carboxylic acids is 2. The first-order valence-electron chi connectivity index (χ1n) is 9.96. The Bertz CT molecular complexity index is 673. The lowest BCUT2D eigenvalue weighted by Gasteiger charge is -2.58. The molecule has 4 nitrogen and oxygen atoms in total. The van der Waals surface area contributed by atoms with Gasteiger partial charge in [-0.3, -0.25) is 9.59 Å². The van der Waals surface area contributed by atoms with Gasteiger partial charge in [0.2, 0.25) is 0 Å². The summed E-state index contributed by atoms with van der Waals surface area (Å²) < 4.78 is 12.3. The van der Waals surface area contributed by atoms with Gasteiger partial charge in [0.1, 0.15) is 0 Å². The van der Waals surface area contributed by atoms with Crippen LogP contribution in [-0.2, 0) is 19.1 Å². The van der Waals surface area contributed by atoms with Crippen LogP contribution < -0.4 is 0 Å². The number of carbonyl (C=O) groups is 2. The first-order valence-corrected chi connectivity index (χ1v) is 9.96. The normalized spacial score (nSPS) is 48.1. The second-order valence-corrected chi connectivity index (χ2v) is 9.39. The van der Waals surface area contributed by atoms with E-state index in [0.29, 0.717) is 43.8 Å². The molecular weight excluding hydrogens is 316 g/mol. The van der Waals surface area contributed by atoms with E-state index in [4.69, 9.17) is 9.47 Å². The molecule has 3 saturated carbocycles. The van der Waals surface area contributed by atoms with Crippen LogP contribution in [0.3, 0.4) is 0 Å². The van der Waals surface area contributed by atoms with Crippen molar-refractivity contribution in [3.63, 3.8) is 0 Å². The smallest absolute Gasteiger partial charge is 0.174 e. The van der Waals surface area contributed by atoms with E-state index in [-0.39, 0.29) is 22.4 Å². The third-order valence-electron chi connectivity index (χ3n) is 8.59. The van der Waals surface area contributed by atoms with Gasteiger partial charge in [0.05, 0.1) is 13.2 Å². The van der Waals surface area contributed by atoms with Crippen molar-refractivity contribution in [2.24, 2.45) is 28.6 Å². The Morgan fingerprint density at radius 2 is 1.72 bits per heavy atom. The molecule has 0 bridgehead atoms. The van der Waals surface area contributed by atoms with Gasteiger partial charge >= 0.3 is 0 Å². The van der Waals surface area contributed by atoms with Crippen LogP contribution in [0.1, 0.15) is 58.8 Å². The zero-order valence-electron chi connectivity index (χ0n) is 15.3. The van der Waals surface area contributed by atoms with Gasteiger partial charge in [0.15, 0.2) is 17.4 Å². The van der Waals surface area contributed by atoms with E-state index in [1.165, 1.54) is 0 Å². The summed E-state index contributed by atoms with van der Waals surface area (Å²) >= 11 is 0. The lowest BCUT2D eigenvalue weighted by Crippen LogP contribution is -2.56. The molecule has 136 valence electrons. The highest BCUT2D eigenvalue weighted by Crippen LogP contribution is 2.68. The molecule has 4 fully saturated rings. The van der Waals surface area contributed by atoms with Gasteiger partial charge in [0, 0.05) is 30.3 Å². The van der Waals surface area contributed by atoms with E-state index >= 15 is 0 Å². The molecule has 1 aliphatic heterocycles. The quantitative estimate of drug-likeness (QED) is 0.675. The van der Waals surface area contributed by atoms with Gasteiger partial charge in [-0.25, -0.2) is 0 Å². The van der Waals surface area contributed by atoms with E-state index in [9.17, 15) is 9.59 Å². The second-order valence-electron chi connectivity index (χ2n) is 9.39. The van der Waals surface area contributed by atoms with Crippen LogP contribution in [0.2, 0.25) is 0 Å². The number of fused-ring (bicyclic) bond motifs is 6. The third kappa shape index (κ3) is 1.90. The Balaban J connectivity index is 1.53. The van der Waals surface area contributed by atoms with Crippen LogP contribution in [0, 0.1) is 28.6 Å². The molecular formula is C21H28O4. The Hall–Kier alpha value is -1.00. The maximum atomic E-state index is 13.0. The SMILES string of the molecule is C[C@]12CCC(=O)C=C1C(=O)C[C@@H]1[C@@H]2CC[C@@]2(C)[C@H]1CCC21OCCO1. The molecule has 4 heteroatoms. The predicted molar refractivity (Wildman–Crippen MR) is 91.7 cm³/mol. The van der Waals surface area contributed by atoms with Crippen molar-refractivity contribution in [3.8, 4) is 0 Å². The minimum atomic E-state index is -0.411. The summed E-state index contributed by atoms with van der Waals surface area (Å²) in [4.78, 5) is 24.9. The fraction of sp³-hybridized carbons (Fsp3) is 0.810. The van der Waals surface area contributed by atoms with Crippen molar-refractivity contribution in [2.75, 3.05) is 13.2 Å². The summed E-state index contributed by atoms with van der Waals surface area (Å²) in [6.07, 6.45) is 7.99. The highest BCUT2D eigenvalue weighted by Gasteiger charge is 2.67. The molecule has 0 aromatic rings. The first-order chi connectivity index (χ1) is 11.9. The fourth-order valence-electron chi connectivity index (χ4n) is 7.27. The average molecular weight is 344 g/mol. The fourth-order valence-corrected chi connectivity index (χ4v) is 7.27. The first kappa shape index (κ1) is 16.2. The minimum absolute atomic E-state index is 0.0208. The topological polar surface area (TPSA) is 52.6 Å². The maximum absolute atomic E-state index is 13.0. The molecule has 0 aromatic heterocycles. The van der Waals surface area contributed by atoms with Crippen molar-refractivity contribution >= 4 is 11.6 Å². The largest absolute Gasteiger partial charge is 0.347 e. The molecule has 0 unspecified atom stereocenters. The van der Waals surface area contributed by atoms with E-state index in [1.807, 2.05) is 0 Å². The second kappa shape index (κ2) is 5.04. The van der Waals surface area contributed by atoms with Crippen LogP contribution in [0.4, 0.5) is 0 Å². The number of allylic oxidation sites excluding steroid dienone is 1. The lowest BCUT2D eigenvalue weighted by atomic mass is 9.47. The van der Waals surface area contributed by atoms with Crippen LogP contribution in [0.25, 0.3) is 0 Å². The monoisotopic (exact) mass is 344 g/mol. The van der Waals surface area contributed by atoms with Crippen molar-refractivity contribution in [2.45, 2.75) is 64.6 Å². The van der Waals surface area contributed by atoms with Gasteiger partial charge in [0.25, 0.3) is 0 Å². The molecule has 5 atom stereocenters. The van der Waals surface area contributed by atoms with Crippen LogP contribution in [0.15, 0.2) is 11.6 Å². The van der Waals surface area contributed by atoms with Crippen molar-refractivity contribution in [1.29, 1.82) is 0 Å². The highest BCUT2D eigenvalue weighted by molar-refractivity contribution is 6.05. The predicted octanol–water partition coefficient (Wildman–Crippen LogP) is 3.44. The summed E-state index contributed by atoms with van der Waals surface area (Å²) in [5, 5.41) is 0. The summed E-state index contributed by atoms with van der Waals surface area (Å²) in [6, 6.07) is 0. The van der Waals surface area contributed by atoms with Gasteiger partial charge in [-0.15, -0.1) is 0 Å². The Morgan fingerprint density at radius 1 is 1.00 bits per heavy atom. The number of rotatable bonds is 0. The summed E-state index contributed by atoms with van der Waals surface area (Å²) in [5.74, 6) is 1.35. The van der Waals surface area contributed by atoms with E-state index in [0.717, 1.165) is 37.7 Å². The Kier molecular flexibility index (Phi) is 3.26. The molecule has 5 rings (SSSR count). The molecule has 1 spiro atoms. The lowest BCUT2D eigenvalue weighted by molar-refractivity contribution is -0.242. The maximum Gasteiger partial charge on any atom is 0.174 e. The summed E-state index contributed by atoms with van der Waals surface area (Å²) in [5.41, 5.74) is 0.741. The molecule has 0 amide bonds. The standard InChI is InChI=1S/C21H28O4/c1-19-6-3-13(22)11-17(19)18(23)12-14-15(19)4-7-20(2)16(14)5-8-21(20)24-9-10-25-21/h11,14-16H,3-10,12H2,1-2H3/t14-,15+,16+,19-,20+/m1/s1. The molecule has 0 aromatic carbocycles. The number of ketones is 2. The molecule has 25 heavy (non-hydrogen) atoms. The number of hydrogen-bond acceptors (Lipinski definition) is 4. The van der Waals surface area contributed by atoms with Crippen molar-refractivity contribution in [3.05, 3.63) is 11.6 Å². The molecule has 1 heterocycles. The average Bonchev–Trinajstić information content (AvgIpc) is 3.17. The van der Waals surface area contributed by atoms with Crippen LogP contribution >= 0.6 is 0 Å². The number of ether oxygens (including phenoxy) is 2. The van der Waals surface area contributed by atoms with E-state index in [2.05, 4.69) is 13.8 Å². The molecule has 1 saturated heterocycles. The van der Waals surface area contributed by atoms with Gasteiger partial charge in [-0.1, -0.05) is 13.8 Å². The van der Waals surface area contributed by atoms with Gasteiger partial charge in [-0.2, -0.15) is 0 Å². The molecule has 0 radical (unpaired) electrons. The van der Waals surface area contributed by atoms with Gasteiger partial charge < -0.3 is 9.47 Å². The van der Waals surface area contributed by atoms with Gasteiger partial charge in [-0.05, 0) is 54.9 Å². The number of hydrogen-bond donors (Lipinski definition) is 0. The molecule has 4 aliphatic carbocycles. The van der Waals surface area contributed by atoms with Crippen LogP contribution in [0.5, 0.6) is 0 Å². The third-order valence-corrected chi connectivity index (χ3v) is 8.59.